The number of carbonyl (C=O) groups is 1. The second kappa shape index (κ2) is 11.2. The number of nitrogens with zero attached hydrogens (tertiary/aromatic N) is 2. The van der Waals surface area contributed by atoms with Gasteiger partial charge in [-0.05, 0) is 63.7 Å². The van der Waals surface area contributed by atoms with Gasteiger partial charge in [0.05, 0.1) is 32.9 Å². The van der Waals surface area contributed by atoms with Crippen molar-refractivity contribution in [3.05, 3.63) is 125 Å². The number of carbonyl (C=O) groups excluding carboxylic acids is 1. The van der Waals surface area contributed by atoms with E-state index in [0.717, 1.165) is 22.3 Å². The zero-order chi connectivity index (χ0) is 27.7. The van der Waals surface area contributed by atoms with Crippen LogP contribution in [-0.2, 0) is 9.53 Å². The van der Waals surface area contributed by atoms with Gasteiger partial charge >= 0.3 is 5.97 Å². The molecule has 0 fully saturated rings. The van der Waals surface area contributed by atoms with Gasteiger partial charge in [0.25, 0.3) is 5.56 Å². The molecule has 1 N–H and O–H groups in total. The van der Waals surface area contributed by atoms with Gasteiger partial charge in [0, 0.05) is 5.56 Å². The number of benzene rings is 3. The van der Waals surface area contributed by atoms with Gasteiger partial charge in [-0.25, -0.2) is 9.79 Å². The molecule has 0 spiro atoms. The van der Waals surface area contributed by atoms with Gasteiger partial charge in [-0.1, -0.05) is 85.8 Å². The Morgan fingerprint density at radius 2 is 1.85 bits per heavy atom. The van der Waals surface area contributed by atoms with Crippen LogP contribution in [0.5, 0.6) is 5.75 Å². The molecule has 0 saturated heterocycles. The maximum absolute atomic E-state index is 13.9. The number of rotatable bonds is 6. The first-order valence-corrected chi connectivity index (χ1v) is 14.3. The number of thiazole rings is 1. The van der Waals surface area contributed by atoms with Crippen LogP contribution in [0.4, 0.5) is 0 Å². The van der Waals surface area contributed by atoms with E-state index in [2.05, 4.69) is 29.8 Å². The predicted molar refractivity (Wildman–Crippen MR) is 157 cm³/mol. The van der Waals surface area contributed by atoms with E-state index in [1.807, 2.05) is 54.6 Å². The molecule has 0 unspecified atom stereocenters. The molecule has 1 aliphatic rings. The van der Waals surface area contributed by atoms with Crippen LogP contribution in [0.1, 0.15) is 55.0 Å². The number of hydrogen-bond acceptors (Lipinski definition) is 6. The molecule has 0 bridgehead atoms. The summed E-state index contributed by atoms with van der Waals surface area (Å²) in [6.45, 7) is 6.20. The third kappa shape index (κ3) is 5.27. The summed E-state index contributed by atoms with van der Waals surface area (Å²) in [4.78, 5) is 32.8. The normalized spacial score (nSPS) is 15.3. The number of phenolic OH excluding ortho intramolecular Hbond substituents is 1. The van der Waals surface area contributed by atoms with Gasteiger partial charge in [-0.3, -0.25) is 9.36 Å². The molecule has 3 aromatic carbocycles. The van der Waals surface area contributed by atoms with E-state index in [4.69, 9.17) is 9.73 Å². The number of ether oxygens (including phenoxy) is 1. The van der Waals surface area contributed by atoms with Crippen LogP contribution in [0.15, 0.2) is 92.6 Å². The van der Waals surface area contributed by atoms with Crippen molar-refractivity contribution in [1.29, 1.82) is 0 Å². The van der Waals surface area contributed by atoms with Crippen molar-refractivity contribution in [3.8, 4) is 5.75 Å². The Hall–Kier alpha value is -3.75. The van der Waals surface area contributed by atoms with Crippen molar-refractivity contribution in [3.63, 3.8) is 0 Å². The lowest BCUT2D eigenvalue weighted by molar-refractivity contribution is -0.138. The number of aromatic hydroxyl groups is 1. The molecule has 39 heavy (non-hydrogen) atoms. The summed E-state index contributed by atoms with van der Waals surface area (Å²) in [6.07, 6.45) is 1.77. The van der Waals surface area contributed by atoms with Crippen LogP contribution < -0.4 is 14.9 Å². The number of fused-ring (bicyclic) bond motifs is 1. The Morgan fingerprint density at radius 3 is 2.49 bits per heavy atom. The van der Waals surface area contributed by atoms with Crippen molar-refractivity contribution in [1.82, 2.24) is 4.57 Å². The average molecular weight is 604 g/mol. The molecular formula is C31H27BrN2O4S. The third-order valence-corrected chi connectivity index (χ3v) is 8.18. The van der Waals surface area contributed by atoms with Gasteiger partial charge in [0.1, 0.15) is 5.75 Å². The molecule has 198 valence electrons. The Morgan fingerprint density at radius 1 is 1.13 bits per heavy atom. The topological polar surface area (TPSA) is 80.9 Å². The maximum Gasteiger partial charge on any atom is 0.338 e. The Bertz CT molecular complexity index is 1750. The average Bonchev–Trinajstić information content (AvgIpc) is 3.24. The fourth-order valence-electron chi connectivity index (χ4n) is 4.58. The van der Waals surface area contributed by atoms with Crippen LogP contribution in [0.3, 0.4) is 0 Å². The standard InChI is InChI=1S/C31H27BrN2O4S/c1-4-38-30(37)26-27(21-8-6-5-7-9-21)33-31-34(28(26)22-13-11-20(12-14-22)18(2)3)29(36)25(39-31)17-19-10-15-24(35)23(32)16-19/h5-18,28,35H,4H2,1-3H3/b25-17-/t28-/m1/s1. The van der Waals surface area contributed by atoms with E-state index in [1.54, 1.807) is 35.8 Å². The number of esters is 1. The summed E-state index contributed by atoms with van der Waals surface area (Å²) in [5, 5.41) is 9.89. The minimum atomic E-state index is -0.717. The molecule has 8 heteroatoms. The zero-order valence-corrected chi connectivity index (χ0v) is 24.1. The van der Waals surface area contributed by atoms with Gasteiger partial charge in [-0.2, -0.15) is 0 Å². The monoisotopic (exact) mass is 602 g/mol. The first kappa shape index (κ1) is 26.8. The molecule has 1 aliphatic heterocycles. The minimum Gasteiger partial charge on any atom is -0.507 e. The number of aromatic nitrogens is 1. The van der Waals surface area contributed by atoms with Crippen molar-refractivity contribution in [2.45, 2.75) is 32.7 Å². The molecule has 1 atom stereocenters. The van der Waals surface area contributed by atoms with E-state index in [9.17, 15) is 14.7 Å². The molecule has 0 amide bonds. The molecule has 4 aromatic rings. The summed E-state index contributed by atoms with van der Waals surface area (Å²) < 4.78 is 8.11. The Labute approximate surface area is 238 Å². The molecule has 0 aliphatic carbocycles. The Balaban J connectivity index is 1.81. The molecule has 2 heterocycles. The molecule has 5 rings (SSSR count). The van der Waals surface area contributed by atoms with Gasteiger partial charge in [0.15, 0.2) is 4.80 Å². The smallest absolute Gasteiger partial charge is 0.338 e. The van der Waals surface area contributed by atoms with Gasteiger partial charge < -0.3 is 9.84 Å². The summed E-state index contributed by atoms with van der Waals surface area (Å²) in [5.41, 5.74) is 4.04. The fourth-order valence-corrected chi connectivity index (χ4v) is 5.98. The first-order valence-electron chi connectivity index (χ1n) is 12.6. The molecule has 1 aromatic heterocycles. The minimum absolute atomic E-state index is 0.116. The Kier molecular flexibility index (Phi) is 7.68. The number of phenols is 1. The maximum atomic E-state index is 13.9. The second-order valence-electron chi connectivity index (χ2n) is 9.46. The first-order chi connectivity index (χ1) is 18.8. The summed E-state index contributed by atoms with van der Waals surface area (Å²) in [6, 6.07) is 21.9. The summed E-state index contributed by atoms with van der Waals surface area (Å²) >= 11 is 4.60. The van der Waals surface area contributed by atoms with Crippen LogP contribution in [0.2, 0.25) is 0 Å². The highest BCUT2D eigenvalue weighted by atomic mass is 79.9. The molecule has 6 nitrogen and oxygen atoms in total. The van der Waals surface area contributed by atoms with Crippen LogP contribution in [-0.4, -0.2) is 22.2 Å². The molecular weight excluding hydrogens is 576 g/mol. The molecule has 0 radical (unpaired) electrons. The van der Waals surface area contributed by atoms with Crippen LogP contribution >= 0.6 is 27.3 Å². The van der Waals surface area contributed by atoms with Crippen molar-refractivity contribution in [2.24, 2.45) is 4.99 Å². The fraction of sp³-hybridized carbons (Fsp3) is 0.194. The van der Waals surface area contributed by atoms with Crippen molar-refractivity contribution >= 4 is 45.0 Å². The lowest BCUT2D eigenvalue weighted by atomic mass is 9.91. The van der Waals surface area contributed by atoms with E-state index in [0.29, 0.717) is 31.0 Å². The van der Waals surface area contributed by atoms with Crippen molar-refractivity contribution in [2.75, 3.05) is 6.61 Å². The van der Waals surface area contributed by atoms with E-state index in [-0.39, 0.29) is 17.9 Å². The highest BCUT2D eigenvalue weighted by Gasteiger charge is 2.35. The quantitative estimate of drug-likeness (QED) is 0.294. The number of hydrogen-bond donors (Lipinski definition) is 1. The van der Waals surface area contributed by atoms with E-state index < -0.39 is 12.0 Å². The lowest BCUT2D eigenvalue weighted by Gasteiger charge is -2.26. The summed E-state index contributed by atoms with van der Waals surface area (Å²) in [5.74, 6) is -0.0505. The largest absolute Gasteiger partial charge is 0.507 e. The third-order valence-electron chi connectivity index (χ3n) is 6.56. The lowest BCUT2D eigenvalue weighted by Crippen LogP contribution is -2.40. The summed E-state index contributed by atoms with van der Waals surface area (Å²) in [7, 11) is 0. The zero-order valence-electron chi connectivity index (χ0n) is 21.7. The SMILES string of the molecule is CCOC(=O)C1=C(c2ccccc2)N=c2s/c(=C\c3ccc(O)c(Br)c3)c(=O)n2[C@@H]1c1ccc(C(C)C)cc1. The highest BCUT2D eigenvalue weighted by molar-refractivity contribution is 9.10. The van der Waals surface area contributed by atoms with Gasteiger partial charge in [0.2, 0.25) is 0 Å². The van der Waals surface area contributed by atoms with Crippen LogP contribution in [0, 0.1) is 0 Å². The van der Waals surface area contributed by atoms with Crippen LogP contribution in [0.25, 0.3) is 11.8 Å². The molecule has 0 saturated carbocycles. The van der Waals surface area contributed by atoms with Crippen molar-refractivity contribution < 1.29 is 14.6 Å². The predicted octanol–water partition coefficient (Wildman–Crippen LogP) is 5.53. The highest BCUT2D eigenvalue weighted by Crippen LogP contribution is 2.35. The second-order valence-corrected chi connectivity index (χ2v) is 11.3. The van der Waals surface area contributed by atoms with Gasteiger partial charge in [-0.15, -0.1) is 0 Å². The number of halogens is 1. The van der Waals surface area contributed by atoms with E-state index >= 15 is 0 Å². The van der Waals surface area contributed by atoms with E-state index in [1.165, 1.54) is 11.3 Å².